The predicted molar refractivity (Wildman–Crippen MR) is 114 cm³/mol. The lowest BCUT2D eigenvalue weighted by atomic mass is 9.71. The summed E-state index contributed by atoms with van der Waals surface area (Å²) in [5, 5.41) is 4.08. The summed E-state index contributed by atoms with van der Waals surface area (Å²) in [5.74, 6) is -0.420. The molecular weight excluding hydrogens is 438 g/mol. The SMILES string of the molecule is COCCN1[C@@H]2CCN(C(=O)c3ccnn3C)C[C@@]2(C(=O)N2CCOCC2)CCS1(=O)=O. The zero-order chi connectivity index (χ0) is 22.9. The number of piperidine rings is 1. The maximum Gasteiger partial charge on any atom is 0.272 e. The zero-order valence-electron chi connectivity index (χ0n) is 18.6. The van der Waals surface area contributed by atoms with Gasteiger partial charge in [0, 0.05) is 59.1 Å². The second kappa shape index (κ2) is 9.08. The van der Waals surface area contributed by atoms with Crippen molar-refractivity contribution in [2.45, 2.75) is 18.9 Å². The third kappa shape index (κ3) is 4.04. The van der Waals surface area contributed by atoms with Gasteiger partial charge in [-0.05, 0) is 18.9 Å². The Morgan fingerprint density at radius 3 is 2.66 bits per heavy atom. The topological polar surface area (TPSA) is 114 Å². The van der Waals surface area contributed by atoms with Gasteiger partial charge in [-0.15, -0.1) is 0 Å². The highest BCUT2D eigenvalue weighted by atomic mass is 32.2. The van der Waals surface area contributed by atoms with E-state index >= 15 is 0 Å². The summed E-state index contributed by atoms with van der Waals surface area (Å²) in [6, 6.07) is 1.14. The third-order valence-electron chi connectivity index (χ3n) is 6.86. The Hall–Kier alpha value is -2.02. The third-order valence-corrected chi connectivity index (χ3v) is 8.73. The van der Waals surface area contributed by atoms with Gasteiger partial charge in [-0.1, -0.05) is 0 Å². The van der Waals surface area contributed by atoms with E-state index in [1.807, 2.05) is 0 Å². The van der Waals surface area contributed by atoms with Crippen molar-refractivity contribution in [3.05, 3.63) is 18.0 Å². The standard InChI is InChI=1S/C20H31N5O6S/c1-22-16(3-6-21-22)18(26)24-7-4-17-20(15-24,19(27)23-8-12-31-13-9-23)5-14-32(28,29)25(17)10-11-30-2/h3,6,17H,4-5,7-15H2,1-2H3/t17-,20+/m1/s1. The molecule has 4 rings (SSSR count). The van der Waals surface area contributed by atoms with E-state index in [0.717, 1.165) is 0 Å². The lowest BCUT2D eigenvalue weighted by Gasteiger charge is -2.54. The monoisotopic (exact) mass is 469 g/mol. The molecule has 2 amide bonds. The minimum Gasteiger partial charge on any atom is -0.383 e. The van der Waals surface area contributed by atoms with Crippen molar-refractivity contribution >= 4 is 21.8 Å². The van der Waals surface area contributed by atoms with E-state index in [0.29, 0.717) is 45.0 Å². The summed E-state index contributed by atoms with van der Waals surface area (Å²) >= 11 is 0. The highest BCUT2D eigenvalue weighted by molar-refractivity contribution is 7.89. The summed E-state index contributed by atoms with van der Waals surface area (Å²) in [4.78, 5) is 30.6. The fourth-order valence-electron chi connectivity index (χ4n) is 5.16. The normalized spacial score (nSPS) is 28.4. The van der Waals surface area contributed by atoms with Crippen molar-refractivity contribution in [3.63, 3.8) is 0 Å². The molecule has 1 aromatic rings. The molecule has 4 heterocycles. The van der Waals surface area contributed by atoms with Crippen LogP contribution in [0.5, 0.6) is 0 Å². The molecule has 0 saturated carbocycles. The van der Waals surface area contributed by atoms with Gasteiger partial charge in [0.1, 0.15) is 5.69 Å². The van der Waals surface area contributed by atoms with E-state index in [1.165, 1.54) is 16.1 Å². The van der Waals surface area contributed by atoms with Crippen LogP contribution in [-0.4, -0.2) is 116 Å². The molecule has 0 spiro atoms. The molecule has 11 nitrogen and oxygen atoms in total. The average Bonchev–Trinajstić information content (AvgIpc) is 3.23. The number of hydrogen-bond donors (Lipinski definition) is 0. The number of carbonyl (C=O) groups is 2. The fourth-order valence-corrected chi connectivity index (χ4v) is 7.06. The Bertz CT molecular complexity index is 959. The molecular formula is C20H31N5O6S. The Labute approximate surface area is 188 Å². The number of morpholine rings is 1. The summed E-state index contributed by atoms with van der Waals surface area (Å²) in [6.45, 7) is 2.82. The van der Waals surface area contributed by atoms with Gasteiger partial charge >= 0.3 is 0 Å². The van der Waals surface area contributed by atoms with Crippen molar-refractivity contribution < 1.29 is 27.5 Å². The summed E-state index contributed by atoms with van der Waals surface area (Å²) in [6.07, 6.45) is 2.14. The molecule has 1 aromatic heterocycles. The van der Waals surface area contributed by atoms with E-state index in [2.05, 4.69) is 5.10 Å². The van der Waals surface area contributed by atoms with Gasteiger partial charge in [-0.3, -0.25) is 14.3 Å². The number of fused-ring (bicyclic) bond motifs is 1. The lowest BCUT2D eigenvalue weighted by molar-refractivity contribution is -0.154. The number of ether oxygens (including phenoxy) is 2. The van der Waals surface area contributed by atoms with Crippen LogP contribution in [0.4, 0.5) is 0 Å². The van der Waals surface area contributed by atoms with Crippen LogP contribution in [0.25, 0.3) is 0 Å². The molecule has 0 aromatic carbocycles. The van der Waals surface area contributed by atoms with Crippen molar-refractivity contribution in [2.75, 3.05) is 65.4 Å². The fraction of sp³-hybridized carbons (Fsp3) is 0.750. The summed E-state index contributed by atoms with van der Waals surface area (Å²) < 4.78 is 39.5. The van der Waals surface area contributed by atoms with Gasteiger partial charge in [0.2, 0.25) is 15.9 Å². The first kappa shape index (κ1) is 23.1. The van der Waals surface area contributed by atoms with Crippen LogP contribution in [0.15, 0.2) is 12.3 Å². The lowest BCUT2D eigenvalue weighted by Crippen LogP contribution is -2.69. The second-order valence-electron chi connectivity index (χ2n) is 8.60. The average molecular weight is 470 g/mol. The molecule has 0 radical (unpaired) electrons. The Morgan fingerprint density at radius 2 is 2.00 bits per heavy atom. The van der Waals surface area contributed by atoms with Crippen LogP contribution in [0.3, 0.4) is 0 Å². The van der Waals surface area contributed by atoms with Crippen molar-refractivity contribution in [3.8, 4) is 0 Å². The Morgan fingerprint density at radius 1 is 1.25 bits per heavy atom. The first-order valence-electron chi connectivity index (χ1n) is 10.9. The number of rotatable bonds is 5. The second-order valence-corrected chi connectivity index (χ2v) is 10.6. The summed E-state index contributed by atoms with van der Waals surface area (Å²) in [7, 11) is -0.288. The van der Waals surface area contributed by atoms with Crippen molar-refractivity contribution in [2.24, 2.45) is 12.5 Å². The van der Waals surface area contributed by atoms with Crippen LogP contribution in [-0.2, 0) is 31.3 Å². The molecule has 2 atom stereocenters. The molecule has 32 heavy (non-hydrogen) atoms. The minimum absolute atomic E-state index is 0.0920. The molecule has 0 N–H and O–H groups in total. The largest absolute Gasteiger partial charge is 0.383 e. The first-order valence-corrected chi connectivity index (χ1v) is 12.5. The van der Waals surface area contributed by atoms with E-state index < -0.39 is 21.5 Å². The molecule has 12 heteroatoms. The van der Waals surface area contributed by atoms with Gasteiger partial charge in [-0.25, -0.2) is 8.42 Å². The van der Waals surface area contributed by atoms with Gasteiger partial charge in [0.25, 0.3) is 5.91 Å². The molecule has 178 valence electrons. The number of aryl methyl sites for hydroxylation is 1. The maximum atomic E-state index is 13.9. The van der Waals surface area contributed by atoms with Crippen molar-refractivity contribution in [1.82, 2.24) is 23.9 Å². The number of methoxy groups -OCH3 is 1. The molecule has 3 aliphatic heterocycles. The van der Waals surface area contributed by atoms with Crippen LogP contribution in [0, 0.1) is 5.41 Å². The van der Waals surface area contributed by atoms with Gasteiger partial charge in [0.15, 0.2) is 0 Å². The molecule has 3 fully saturated rings. The summed E-state index contributed by atoms with van der Waals surface area (Å²) in [5.41, 5.74) is -0.555. The highest BCUT2D eigenvalue weighted by Crippen LogP contribution is 2.44. The quantitative estimate of drug-likeness (QED) is 0.552. The number of carbonyl (C=O) groups excluding carboxylic acids is 2. The van der Waals surface area contributed by atoms with Crippen molar-refractivity contribution in [1.29, 1.82) is 0 Å². The number of aromatic nitrogens is 2. The van der Waals surface area contributed by atoms with Crippen LogP contribution in [0.1, 0.15) is 23.3 Å². The highest BCUT2D eigenvalue weighted by Gasteiger charge is 2.58. The van der Waals surface area contributed by atoms with Crippen LogP contribution < -0.4 is 0 Å². The minimum atomic E-state index is -3.52. The Kier molecular flexibility index (Phi) is 6.57. The van der Waals surface area contributed by atoms with Crippen LogP contribution >= 0.6 is 0 Å². The van der Waals surface area contributed by atoms with Gasteiger partial charge in [0.05, 0.1) is 31.0 Å². The molecule has 0 aliphatic carbocycles. The van der Waals surface area contributed by atoms with E-state index in [4.69, 9.17) is 9.47 Å². The predicted octanol–water partition coefficient (Wildman–Crippen LogP) is -0.838. The van der Waals surface area contributed by atoms with Gasteiger partial charge in [-0.2, -0.15) is 9.40 Å². The molecule has 3 aliphatic rings. The van der Waals surface area contributed by atoms with E-state index in [-0.39, 0.29) is 43.7 Å². The molecule has 0 bridgehead atoms. The number of likely N-dealkylation sites (tertiary alicyclic amines) is 1. The maximum absolute atomic E-state index is 13.9. The zero-order valence-corrected chi connectivity index (χ0v) is 19.4. The molecule has 3 saturated heterocycles. The molecule has 0 unspecified atom stereocenters. The smallest absolute Gasteiger partial charge is 0.272 e. The number of nitrogens with zero attached hydrogens (tertiary/aromatic N) is 5. The van der Waals surface area contributed by atoms with Gasteiger partial charge < -0.3 is 19.3 Å². The van der Waals surface area contributed by atoms with E-state index in [1.54, 1.807) is 29.1 Å². The first-order chi connectivity index (χ1) is 15.3. The number of amides is 2. The number of sulfonamides is 1. The number of hydrogen-bond acceptors (Lipinski definition) is 7. The van der Waals surface area contributed by atoms with E-state index in [9.17, 15) is 18.0 Å². The van der Waals surface area contributed by atoms with Crippen LogP contribution in [0.2, 0.25) is 0 Å². The Balaban J connectivity index is 1.69.